The normalized spacial score (nSPS) is 12.1. The number of hydrogen-bond donors (Lipinski definition) is 0. The number of carbonyl (C=O) groups excluding carboxylic acids is 3. The summed E-state index contributed by atoms with van der Waals surface area (Å²) in [7, 11) is 0. The Kier molecular flexibility index (Phi) is 57.7. The van der Waals surface area contributed by atoms with E-state index in [1.54, 1.807) is 0 Å². The van der Waals surface area contributed by atoms with Gasteiger partial charge in [-0.1, -0.05) is 289 Å². The lowest BCUT2D eigenvalue weighted by atomic mass is 10.0. The Bertz CT molecular complexity index is 1130. The van der Waals surface area contributed by atoms with Crippen molar-refractivity contribution in [1.29, 1.82) is 0 Å². The zero-order valence-electron chi connectivity index (χ0n) is 47.3. The Morgan fingerprint density at radius 2 is 0.486 bits per heavy atom. The Morgan fingerprint density at radius 3 is 0.757 bits per heavy atom. The van der Waals surface area contributed by atoms with Gasteiger partial charge in [0.05, 0.1) is 0 Å². The van der Waals surface area contributed by atoms with Crippen molar-refractivity contribution in [3.8, 4) is 0 Å². The van der Waals surface area contributed by atoms with Crippen molar-refractivity contribution in [2.75, 3.05) is 13.2 Å². The quantitative estimate of drug-likeness (QED) is 0.0261. The summed E-state index contributed by atoms with van der Waals surface area (Å²) >= 11 is 0. The summed E-state index contributed by atoms with van der Waals surface area (Å²) < 4.78 is 16.9. The average Bonchev–Trinajstić information content (AvgIpc) is 3.36. The zero-order chi connectivity index (χ0) is 50.7. The summed E-state index contributed by atoms with van der Waals surface area (Å²) in [4.78, 5) is 38.2. The molecule has 6 nitrogen and oxygen atoms in total. The SMILES string of the molecule is CCCC/C=C\CCCCCCCC(=O)OCC(COC(=O)CCCCCCCCCCCCCCC/C=C\CCCCCCCCCC)OC(=O)CCCCCCCCCCCCCCCCCC. The first-order chi connectivity index (χ1) is 34.5. The molecule has 0 saturated carbocycles. The van der Waals surface area contributed by atoms with E-state index in [1.807, 2.05) is 0 Å². The maximum atomic E-state index is 12.9. The van der Waals surface area contributed by atoms with Gasteiger partial charge in [0.25, 0.3) is 0 Å². The highest BCUT2D eigenvalue weighted by molar-refractivity contribution is 5.71. The van der Waals surface area contributed by atoms with Crippen LogP contribution in [0.4, 0.5) is 0 Å². The van der Waals surface area contributed by atoms with Crippen LogP contribution in [0.25, 0.3) is 0 Å². The van der Waals surface area contributed by atoms with Crippen molar-refractivity contribution in [3.05, 3.63) is 24.3 Å². The van der Waals surface area contributed by atoms with E-state index in [4.69, 9.17) is 14.2 Å². The second kappa shape index (κ2) is 59.5. The summed E-state index contributed by atoms with van der Waals surface area (Å²) in [6.45, 7) is 6.65. The van der Waals surface area contributed by atoms with Gasteiger partial charge in [0.1, 0.15) is 13.2 Å². The molecule has 0 spiro atoms. The maximum Gasteiger partial charge on any atom is 0.306 e. The molecule has 0 N–H and O–H groups in total. The highest BCUT2D eigenvalue weighted by Gasteiger charge is 2.19. The van der Waals surface area contributed by atoms with Crippen molar-refractivity contribution in [3.63, 3.8) is 0 Å². The van der Waals surface area contributed by atoms with Crippen LogP contribution < -0.4 is 0 Å². The third-order valence-corrected chi connectivity index (χ3v) is 14.2. The molecule has 0 fully saturated rings. The summed E-state index contributed by atoms with van der Waals surface area (Å²) in [5.41, 5.74) is 0. The van der Waals surface area contributed by atoms with Gasteiger partial charge in [-0.3, -0.25) is 14.4 Å². The molecule has 0 heterocycles. The van der Waals surface area contributed by atoms with Crippen LogP contribution in [0.2, 0.25) is 0 Å². The fourth-order valence-corrected chi connectivity index (χ4v) is 9.42. The molecule has 0 radical (unpaired) electrons. The van der Waals surface area contributed by atoms with Crippen LogP contribution in [0.15, 0.2) is 24.3 Å². The van der Waals surface area contributed by atoms with E-state index in [2.05, 4.69) is 45.1 Å². The highest BCUT2D eigenvalue weighted by atomic mass is 16.6. The molecule has 1 unspecified atom stereocenters. The lowest BCUT2D eigenvalue weighted by Crippen LogP contribution is -2.30. The third kappa shape index (κ3) is 56.8. The molecular weight excluding hydrogens is 865 g/mol. The highest BCUT2D eigenvalue weighted by Crippen LogP contribution is 2.17. The van der Waals surface area contributed by atoms with Gasteiger partial charge in [-0.15, -0.1) is 0 Å². The van der Waals surface area contributed by atoms with Crippen molar-refractivity contribution < 1.29 is 28.6 Å². The molecule has 0 aliphatic heterocycles. The van der Waals surface area contributed by atoms with Crippen LogP contribution in [0.3, 0.4) is 0 Å². The summed E-state index contributed by atoms with van der Waals surface area (Å²) in [6.07, 6.45) is 70.5. The third-order valence-electron chi connectivity index (χ3n) is 14.2. The summed E-state index contributed by atoms with van der Waals surface area (Å²) in [5, 5.41) is 0. The average molecular weight is 986 g/mol. The lowest BCUT2D eigenvalue weighted by Gasteiger charge is -2.18. The van der Waals surface area contributed by atoms with E-state index < -0.39 is 6.10 Å². The number of unbranched alkanes of at least 4 members (excludes halogenated alkanes) is 43. The van der Waals surface area contributed by atoms with Crippen LogP contribution in [-0.2, 0) is 28.6 Å². The fourth-order valence-electron chi connectivity index (χ4n) is 9.42. The topological polar surface area (TPSA) is 78.9 Å². The minimum atomic E-state index is -0.770. The number of rotatable bonds is 58. The zero-order valence-corrected chi connectivity index (χ0v) is 47.3. The first kappa shape index (κ1) is 67.9. The molecule has 1 atom stereocenters. The standard InChI is InChI=1S/C64H120O6/c1-4-7-10-13-16-19-22-24-26-28-29-30-31-32-33-34-35-36-38-39-42-45-48-51-54-57-63(66)69-60-61(59-68-62(65)56-53-50-47-44-41-21-18-15-12-9-6-3)70-64(67)58-55-52-49-46-43-40-37-27-25-23-20-17-14-11-8-5-2/h15,18,28-29,61H,4-14,16-17,19-27,30-60H2,1-3H3/b18-15-,29-28-. The molecule has 70 heavy (non-hydrogen) atoms. The van der Waals surface area contributed by atoms with Gasteiger partial charge >= 0.3 is 17.9 Å². The molecule has 0 bridgehead atoms. The number of ether oxygens (including phenoxy) is 3. The molecule has 0 aromatic carbocycles. The molecule has 0 aromatic rings. The van der Waals surface area contributed by atoms with Gasteiger partial charge in [0.15, 0.2) is 6.10 Å². The summed E-state index contributed by atoms with van der Waals surface area (Å²) in [6, 6.07) is 0. The van der Waals surface area contributed by atoms with E-state index >= 15 is 0 Å². The van der Waals surface area contributed by atoms with Gasteiger partial charge in [-0.2, -0.15) is 0 Å². The van der Waals surface area contributed by atoms with Gasteiger partial charge in [0.2, 0.25) is 0 Å². The van der Waals surface area contributed by atoms with E-state index in [-0.39, 0.29) is 31.1 Å². The minimum absolute atomic E-state index is 0.0690. The van der Waals surface area contributed by atoms with Crippen molar-refractivity contribution >= 4 is 17.9 Å². The van der Waals surface area contributed by atoms with Crippen LogP contribution in [0.1, 0.15) is 348 Å². The Balaban J connectivity index is 4.19. The second-order valence-electron chi connectivity index (χ2n) is 21.3. The Morgan fingerprint density at radius 1 is 0.271 bits per heavy atom. The molecule has 0 aliphatic carbocycles. The van der Waals surface area contributed by atoms with Gasteiger partial charge < -0.3 is 14.2 Å². The predicted octanol–water partition coefficient (Wildman–Crippen LogP) is 21.1. The van der Waals surface area contributed by atoms with Crippen LogP contribution in [0, 0.1) is 0 Å². The first-order valence-corrected chi connectivity index (χ1v) is 31.3. The monoisotopic (exact) mass is 985 g/mol. The number of esters is 3. The van der Waals surface area contributed by atoms with Crippen LogP contribution in [-0.4, -0.2) is 37.2 Å². The van der Waals surface area contributed by atoms with Crippen molar-refractivity contribution in [2.45, 2.75) is 354 Å². The van der Waals surface area contributed by atoms with Gasteiger partial charge in [-0.25, -0.2) is 0 Å². The van der Waals surface area contributed by atoms with Crippen molar-refractivity contribution in [2.24, 2.45) is 0 Å². The molecule has 0 aromatic heterocycles. The van der Waals surface area contributed by atoms with Crippen LogP contribution >= 0.6 is 0 Å². The van der Waals surface area contributed by atoms with Crippen LogP contribution in [0.5, 0.6) is 0 Å². The summed E-state index contributed by atoms with van der Waals surface area (Å²) in [5.74, 6) is -0.856. The second-order valence-corrected chi connectivity index (χ2v) is 21.3. The fraction of sp³-hybridized carbons (Fsp3) is 0.891. The Hall–Kier alpha value is -2.11. The molecule has 0 saturated heterocycles. The van der Waals surface area contributed by atoms with E-state index in [9.17, 15) is 14.4 Å². The van der Waals surface area contributed by atoms with Gasteiger partial charge in [-0.05, 0) is 64.2 Å². The minimum Gasteiger partial charge on any atom is -0.462 e. The predicted molar refractivity (Wildman–Crippen MR) is 303 cm³/mol. The molecule has 0 aliphatic rings. The maximum absolute atomic E-state index is 12.9. The lowest BCUT2D eigenvalue weighted by molar-refractivity contribution is -0.167. The Labute approximate surface area is 436 Å². The number of carbonyl (C=O) groups is 3. The van der Waals surface area contributed by atoms with E-state index in [0.29, 0.717) is 19.3 Å². The van der Waals surface area contributed by atoms with E-state index in [0.717, 1.165) is 64.2 Å². The smallest absolute Gasteiger partial charge is 0.306 e. The molecule has 6 heteroatoms. The van der Waals surface area contributed by atoms with E-state index in [1.165, 1.54) is 244 Å². The molecule has 412 valence electrons. The number of hydrogen-bond acceptors (Lipinski definition) is 6. The molecule has 0 rings (SSSR count). The van der Waals surface area contributed by atoms with Crippen molar-refractivity contribution in [1.82, 2.24) is 0 Å². The molecular formula is C64H120O6. The number of allylic oxidation sites excluding steroid dienone is 4. The van der Waals surface area contributed by atoms with Gasteiger partial charge in [0, 0.05) is 19.3 Å². The first-order valence-electron chi connectivity index (χ1n) is 31.3. The largest absolute Gasteiger partial charge is 0.462 e. The molecule has 0 amide bonds.